The van der Waals surface area contributed by atoms with E-state index in [4.69, 9.17) is 4.74 Å². The van der Waals surface area contributed by atoms with Gasteiger partial charge in [-0.3, -0.25) is 4.79 Å². The summed E-state index contributed by atoms with van der Waals surface area (Å²) in [6.07, 6.45) is 2.77. The minimum atomic E-state index is -4.56. The van der Waals surface area contributed by atoms with E-state index in [1.54, 1.807) is 18.3 Å². The number of hydrogen-bond donors (Lipinski definition) is 3. The summed E-state index contributed by atoms with van der Waals surface area (Å²) < 4.78 is 44.6. The number of nitrogens with one attached hydrogen (secondary N) is 2. The lowest BCUT2D eigenvalue weighted by Gasteiger charge is -2.35. The van der Waals surface area contributed by atoms with E-state index in [1.165, 1.54) is 11.3 Å². The van der Waals surface area contributed by atoms with E-state index in [1.807, 2.05) is 13.0 Å². The molecular formula is C27H30F3N5O3S. The summed E-state index contributed by atoms with van der Waals surface area (Å²) in [5.41, 5.74) is 0.138. The van der Waals surface area contributed by atoms with E-state index >= 15 is 0 Å². The van der Waals surface area contributed by atoms with Crippen molar-refractivity contribution in [2.24, 2.45) is 0 Å². The molecule has 3 heterocycles. The molecule has 39 heavy (non-hydrogen) atoms. The summed E-state index contributed by atoms with van der Waals surface area (Å²) in [6.45, 7) is 2.60. The molecule has 2 fully saturated rings. The zero-order valence-electron chi connectivity index (χ0n) is 21.4. The molecule has 3 N–H and O–H groups in total. The number of aliphatic hydroxyl groups is 1. The lowest BCUT2D eigenvalue weighted by Crippen LogP contribution is -2.42. The van der Waals surface area contributed by atoms with Crippen LogP contribution >= 0.6 is 11.3 Å². The monoisotopic (exact) mass is 561 g/mol. The molecule has 1 saturated carbocycles. The highest BCUT2D eigenvalue weighted by molar-refractivity contribution is 7.15. The van der Waals surface area contributed by atoms with Gasteiger partial charge >= 0.3 is 6.18 Å². The third kappa shape index (κ3) is 6.74. The van der Waals surface area contributed by atoms with Crippen LogP contribution in [0.2, 0.25) is 0 Å². The second-order valence-corrected chi connectivity index (χ2v) is 11.2. The molecule has 1 aliphatic heterocycles. The van der Waals surface area contributed by atoms with E-state index in [0.29, 0.717) is 42.8 Å². The molecule has 2 aliphatic rings. The van der Waals surface area contributed by atoms with Crippen LogP contribution in [-0.4, -0.2) is 44.7 Å². The number of aromatic nitrogens is 3. The van der Waals surface area contributed by atoms with E-state index in [-0.39, 0.29) is 24.0 Å². The lowest BCUT2D eigenvalue weighted by atomic mass is 9.82. The van der Waals surface area contributed by atoms with Crippen molar-refractivity contribution in [2.45, 2.75) is 75.8 Å². The number of carbonyl (C=O) groups is 1. The minimum Gasteiger partial charge on any atom is -0.383 e. The second-order valence-electron chi connectivity index (χ2n) is 10.2. The number of alkyl halides is 3. The molecule has 3 aromatic rings. The lowest BCUT2D eigenvalue weighted by molar-refractivity contribution is -0.141. The van der Waals surface area contributed by atoms with Gasteiger partial charge in [-0.2, -0.15) is 13.2 Å². The Morgan fingerprint density at radius 2 is 2.00 bits per heavy atom. The van der Waals surface area contributed by atoms with E-state index < -0.39 is 17.5 Å². The predicted molar refractivity (Wildman–Crippen MR) is 140 cm³/mol. The number of rotatable bonds is 7. The van der Waals surface area contributed by atoms with Gasteiger partial charge in [-0.1, -0.05) is 6.07 Å². The standard InChI is InChI=1S/C27H30F3N5O3S/c1-16-11-17(13-19(12-16)34-25-31-9-6-22(35-25)27(28,29)30)21-15-32-24(39-21)26(37)7-4-18(5-8-26)33-23(36)14-20-3-2-10-38-20/h6,9,11-13,15,18,20,37H,2-5,7-8,10,14H2,1H3,(H,33,36)(H,31,34,35)/t18-,20?,26-. The highest BCUT2D eigenvalue weighted by Gasteiger charge is 2.38. The van der Waals surface area contributed by atoms with Gasteiger partial charge in [-0.25, -0.2) is 15.0 Å². The second kappa shape index (κ2) is 11.2. The topological polar surface area (TPSA) is 109 Å². The van der Waals surface area contributed by atoms with Crippen LogP contribution in [0.4, 0.5) is 24.8 Å². The number of benzene rings is 1. The van der Waals surface area contributed by atoms with Gasteiger partial charge in [0.15, 0.2) is 0 Å². The number of aryl methyl sites for hydroxylation is 1. The largest absolute Gasteiger partial charge is 0.433 e. The van der Waals surface area contributed by atoms with Crippen LogP contribution in [0, 0.1) is 6.92 Å². The van der Waals surface area contributed by atoms with Crippen molar-refractivity contribution in [1.29, 1.82) is 0 Å². The van der Waals surface area contributed by atoms with Crippen LogP contribution < -0.4 is 10.6 Å². The molecular weight excluding hydrogens is 531 g/mol. The summed E-state index contributed by atoms with van der Waals surface area (Å²) >= 11 is 1.38. The highest BCUT2D eigenvalue weighted by atomic mass is 32.1. The molecule has 12 heteroatoms. The number of carbonyl (C=O) groups excluding carboxylic acids is 1. The SMILES string of the molecule is Cc1cc(Nc2nccc(C(F)(F)F)n2)cc(-c2cnc([C@]3(O)CC[C@H](NC(=O)CC4CCCO4)CC3)s2)c1. The van der Waals surface area contributed by atoms with Crippen LogP contribution in [0.25, 0.3) is 10.4 Å². The first-order valence-electron chi connectivity index (χ1n) is 13.0. The summed E-state index contributed by atoms with van der Waals surface area (Å²) in [6, 6.07) is 6.36. The van der Waals surface area contributed by atoms with Gasteiger partial charge in [0, 0.05) is 30.7 Å². The Bertz CT molecular complexity index is 1320. The van der Waals surface area contributed by atoms with Crippen molar-refractivity contribution in [3.8, 4) is 10.4 Å². The Balaban J connectivity index is 1.23. The van der Waals surface area contributed by atoms with Crippen molar-refractivity contribution in [2.75, 3.05) is 11.9 Å². The number of halogens is 3. The number of amides is 1. The predicted octanol–water partition coefficient (Wildman–Crippen LogP) is 5.49. The van der Waals surface area contributed by atoms with Crippen molar-refractivity contribution in [3.63, 3.8) is 0 Å². The number of ether oxygens (including phenoxy) is 1. The number of hydrogen-bond acceptors (Lipinski definition) is 8. The molecule has 8 nitrogen and oxygen atoms in total. The zero-order valence-corrected chi connectivity index (χ0v) is 22.2. The van der Waals surface area contributed by atoms with Gasteiger partial charge in [0.2, 0.25) is 11.9 Å². The molecule has 0 bridgehead atoms. The van der Waals surface area contributed by atoms with Crippen LogP contribution in [0.15, 0.2) is 36.7 Å². The average molecular weight is 562 g/mol. The first-order valence-corrected chi connectivity index (χ1v) is 13.8. The van der Waals surface area contributed by atoms with Crippen molar-refractivity contribution >= 4 is 28.9 Å². The first kappa shape index (κ1) is 27.5. The van der Waals surface area contributed by atoms with E-state index in [2.05, 4.69) is 25.6 Å². The molecule has 1 amide bonds. The Morgan fingerprint density at radius 1 is 1.21 bits per heavy atom. The third-order valence-electron chi connectivity index (χ3n) is 7.08. The molecule has 1 aromatic carbocycles. The molecule has 0 spiro atoms. The van der Waals surface area contributed by atoms with Crippen LogP contribution in [0.5, 0.6) is 0 Å². The summed E-state index contributed by atoms with van der Waals surface area (Å²) in [5, 5.41) is 17.9. The van der Waals surface area contributed by atoms with Crippen LogP contribution in [0.3, 0.4) is 0 Å². The Morgan fingerprint density at radius 3 is 2.72 bits per heavy atom. The van der Waals surface area contributed by atoms with Gasteiger partial charge in [-0.05, 0) is 74.8 Å². The van der Waals surface area contributed by atoms with E-state index in [0.717, 1.165) is 47.7 Å². The van der Waals surface area contributed by atoms with Crippen LogP contribution in [0.1, 0.15) is 61.2 Å². The van der Waals surface area contributed by atoms with Crippen molar-refractivity contribution in [3.05, 3.63) is 52.9 Å². The molecule has 5 rings (SSSR count). The third-order valence-corrected chi connectivity index (χ3v) is 8.32. The Labute approximate surface area is 228 Å². The fourth-order valence-electron chi connectivity index (χ4n) is 5.08. The normalized spacial score (nSPS) is 23.5. The van der Waals surface area contributed by atoms with Gasteiger partial charge in [0.25, 0.3) is 0 Å². The molecule has 1 unspecified atom stereocenters. The summed E-state index contributed by atoms with van der Waals surface area (Å²) in [5.74, 6) is -0.159. The molecule has 1 atom stereocenters. The maximum Gasteiger partial charge on any atom is 0.433 e. The molecule has 2 aromatic heterocycles. The van der Waals surface area contributed by atoms with E-state index in [9.17, 15) is 23.1 Å². The van der Waals surface area contributed by atoms with Crippen molar-refractivity contribution in [1.82, 2.24) is 20.3 Å². The quantitative estimate of drug-likeness (QED) is 0.350. The van der Waals surface area contributed by atoms with Crippen molar-refractivity contribution < 1.29 is 27.8 Å². The minimum absolute atomic E-state index is 0.00623. The summed E-state index contributed by atoms with van der Waals surface area (Å²) in [4.78, 5) is 25.2. The van der Waals surface area contributed by atoms with Gasteiger partial charge in [0.1, 0.15) is 16.3 Å². The molecule has 208 valence electrons. The number of anilines is 2. The van der Waals surface area contributed by atoms with Gasteiger partial charge in [0.05, 0.1) is 17.4 Å². The smallest absolute Gasteiger partial charge is 0.383 e. The fraction of sp³-hybridized carbons (Fsp3) is 0.481. The first-order chi connectivity index (χ1) is 18.6. The Kier molecular flexibility index (Phi) is 7.88. The summed E-state index contributed by atoms with van der Waals surface area (Å²) in [7, 11) is 0. The number of thiazole rings is 1. The highest BCUT2D eigenvalue weighted by Crippen LogP contribution is 2.41. The zero-order chi connectivity index (χ0) is 27.6. The average Bonchev–Trinajstić information content (AvgIpc) is 3.58. The fourth-order valence-corrected chi connectivity index (χ4v) is 6.13. The Hall–Kier alpha value is -3.09. The maximum atomic E-state index is 13.0. The molecule has 1 aliphatic carbocycles. The van der Waals surface area contributed by atoms with Crippen LogP contribution in [-0.2, 0) is 21.3 Å². The number of nitrogens with zero attached hydrogens (tertiary/aromatic N) is 3. The van der Waals surface area contributed by atoms with Gasteiger partial charge < -0.3 is 20.5 Å². The molecule has 1 saturated heterocycles. The van der Waals surface area contributed by atoms with Gasteiger partial charge in [-0.15, -0.1) is 11.3 Å². The maximum absolute atomic E-state index is 13.0. The molecule has 0 radical (unpaired) electrons.